The average Bonchev–Trinajstić information content (AvgIpc) is 1.37. The standard InChI is InChI=1S/CH2Cl.Al.ClH/c1-2;;/h1H2;;1H/q;+1;/p-1. The summed E-state index contributed by atoms with van der Waals surface area (Å²) in [6.07, 6.45) is 0. The molecule has 0 aromatic carbocycles. The van der Waals surface area contributed by atoms with Crippen molar-refractivity contribution >= 4 is 35.9 Å². The summed E-state index contributed by atoms with van der Waals surface area (Å²) >= 11 is 5.11. The first kappa shape index (κ1) is 5.11. The number of rotatable bonds is 1. The highest BCUT2D eigenvalue weighted by Crippen LogP contribution is 1.70. The molecule has 0 aliphatic heterocycles. The van der Waals surface area contributed by atoms with Gasteiger partial charge in [-0.3, -0.25) is 10.0 Å². The Hall–Kier alpha value is 1.11. The van der Waals surface area contributed by atoms with Gasteiger partial charge in [-0.15, -0.1) is 11.6 Å². The van der Waals surface area contributed by atoms with Crippen molar-refractivity contribution in [3.63, 3.8) is 0 Å². The van der Waals surface area contributed by atoms with Crippen LogP contribution >= 0.6 is 21.7 Å². The fourth-order valence-corrected chi connectivity index (χ4v) is 0. The van der Waals surface area contributed by atoms with E-state index < -0.39 is 0 Å². The van der Waals surface area contributed by atoms with E-state index >= 15 is 0 Å². The lowest BCUT2D eigenvalue weighted by Gasteiger charge is -1.57. The summed E-state index contributed by atoms with van der Waals surface area (Å²) in [5.41, 5.74) is 0. The van der Waals surface area contributed by atoms with E-state index in [0.29, 0.717) is 4.74 Å². The van der Waals surface area contributed by atoms with Crippen molar-refractivity contribution in [3.8, 4) is 0 Å². The highest BCUT2D eigenvalue weighted by Gasteiger charge is 1.72. The van der Waals surface area contributed by atoms with Gasteiger partial charge in [0, 0.05) is 0 Å². The minimum Gasteiger partial charge on any atom is -0.275 e. The van der Waals surface area contributed by atoms with E-state index in [1.807, 2.05) is 0 Å². The fraction of sp³-hybridized carbons (Fsp3) is 1.00. The zero-order valence-corrected chi connectivity index (χ0v) is 4.71. The quantitative estimate of drug-likeness (QED) is 0.351. The van der Waals surface area contributed by atoms with Crippen LogP contribution in [0.15, 0.2) is 0 Å². The Bertz CT molecular complexity index is 8.00. The first-order chi connectivity index (χ1) is 1.91. The van der Waals surface area contributed by atoms with E-state index in [1.165, 1.54) is 0 Å². The van der Waals surface area contributed by atoms with Crippen molar-refractivity contribution in [2.75, 3.05) is 4.74 Å². The summed E-state index contributed by atoms with van der Waals surface area (Å²) in [5, 5.41) is 0. The largest absolute Gasteiger partial charge is 0.372 e. The van der Waals surface area contributed by atoms with Crippen LogP contribution in [0.5, 0.6) is 0 Å². The highest BCUT2D eigenvalue weighted by atomic mass is 35.6. The van der Waals surface area contributed by atoms with E-state index in [-0.39, 0.29) is 14.3 Å². The first-order valence-electron chi connectivity index (χ1n) is 0.894. The number of hydrogen-bond donors (Lipinski definition) is 0. The SMILES string of the molecule is Cl[CH2][Al][Cl]. The first-order valence-corrected chi connectivity index (χ1v) is 3.99. The molecule has 0 aliphatic carbocycles. The summed E-state index contributed by atoms with van der Waals surface area (Å²) in [6, 6.07) is 0. The van der Waals surface area contributed by atoms with Gasteiger partial charge in [-0.1, -0.05) is 0 Å². The summed E-state index contributed by atoms with van der Waals surface area (Å²) in [4.78, 5) is 0. The normalized spacial score (nSPS) is 6.50. The van der Waals surface area contributed by atoms with Gasteiger partial charge in [0.2, 0.25) is 0 Å². The van der Waals surface area contributed by atoms with Crippen molar-refractivity contribution in [3.05, 3.63) is 0 Å². The second-order valence-electron chi connectivity index (χ2n) is 0.309. The number of alkyl halides is 1. The molecular formula is CH2AlCl2. The van der Waals surface area contributed by atoms with Crippen LogP contribution in [-0.2, 0) is 0 Å². The van der Waals surface area contributed by atoms with Crippen molar-refractivity contribution in [1.82, 2.24) is 0 Å². The second kappa shape index (κ2) is 4.11. The maximum Gasteiger partial charge on any atom is 0.372 e. The Morgan fingerprint density at radius 1 is 1.75 bits per heavy atom. The lowest BCUT2D eigenvalue weighted by molar-refractivity contribution is 2.18. The van der Waals surface area contributed by atoms with E-state index in [2.05, 4.69) is 0 Å². The molecule has 0 heterocycles. The maximum absolute atomic E-state index is 5.14. The van der Waals surface area contributed by atoms with Crippen molar-refractivity contribution in [2.24, 2.45) is 0 Å². The molecule has 4 heavy (non-hydrogen) atoms. The Labute approximate surface area is 41.0 Å². The summed E-state index contributed by atoms with van der Waals surface area (Å²) < 4.78 is 0.640. The smallest absolute Gasteiger partial charge is 0.275 e. The monoisotopic (exact) mass is 111 g/mol. The van der Waals surface area contributed by atoms with Gasteiger partial charge < -0.3 is 0 Å². The highest BCUT2D eigenvalue weighted by molar-refractivity contribution is 6.96. The topological polar surface area (TPSA) is 0 Å². The summed E-state index contributed by atoms with van der Waals surface area (Å²) in [6.45, 7) is 0. The molecule has 0 bridgehead atoms. The Kier molecular flexibility index (Phi) is 5.26. The lowest BCUT2D eigenvalue weighted by atomic mass is 11.9. The van der Waals surface area contributed by atoms with Gasteiger partial charge in [0.15, 0.2) is 0 Å². The molecule has 0 fully saturated rings. The van der Waals surface area contributed by atoms with Gasteiger partial charge in [-0.25, -0.2) is 0 Å². The third kappa shape index (κ3) is 3.11. The maximum atomic E-state index is 5.14. The van der Waals surface area contributed by atoms with Crippen LogP contribution < -0.4 is 0 Å². The molecule has 1 radical (unpaired) electrons. The van der Waals surface area contributed by atoms with Crippen LogP contribution in [0.2, 0.25) is 0 Å². The molecule has 23 valence electrons. The van der Waals surface area contributed by atoms with Crippen LogP contribution in [0, 0.1) is 0 Å². The van der Waals surface area contributed by atoms with E-state index in [1.54, 1.807) is 0 Å². The molecule has 0 aromatic heterocycles. The van der Waals surface area contributed by atoms with E-state index in [0.717, 1.165) is 0 Å². The van der Waals surface area contributed by atoms with Crippen LogP contribution in [0.3, 0.4) is 0 Å². The van der Waals surface area contributed by atoms with Crippen LogP contribution in [0.4, 0.5) is 0 Å². The van der Waals surface area contributed by atoms with Crippen LogP contribution in [-0.4, -0.2) is 19.0 Å². The zero-order valence-electron chi connectivity index (χ0n) is 2.04. The van der Waals surface area contributed by atoms with Crippen LogP contribution in [0.25, 0.3) is 0 Å². The minimum absolute atomic E-state index is 0.0201. The predicted octanol–water partition coefficient (Wildman–Crippen LogP) is 1.04. The molecule has 0 spiro atoms. The molecule has 0 aromatic rings. The van der Waals surface area contributed by atoms with Gasteiger partial charge in [0.1, 0.15) is 0 Å². The van der Waals surface area contributed by atoms with E-state index in [4.69, 9.17) is 21.7 Å². The zero-order chi connectivity index (χ0) is 3.41. The Morgan fingerprint density at radius 2 is 2.00 bits per heavy atom. The second-order valence-corrected chi connectivity index (χ2v) is 2.78. The molecule has 0 amide bonds. The molecule has 0 rings (SSSR count). The Morgan fingerprint density at radius 3 is 2.00 bits per heavy atom. The van der Waals surface area contributed by atoms with Gasteiger partial charge in [0.25, 0.3) is 0 Å². The molecule has 0 N–H and O–H groups in total. The number of halogens is 2. The molecule has 0 unspecified atom stereocenters. The van der Waals surface area contributed by atoms with Crippen molar-refractivity contribution in [1.29, 1.82) is 0 Å². The minimum atomic E-state index is 0.0201. The lowest BCUT2D eigenvalue weighted by Crippen LogP contribution is -1.71. The number of hydrogen-bond acceptors (Lipinski definition) is 0. The molecule has 3 heteroatoms. The van der Waals surface area contributed by atoms with Crippen molar-refractivity contribution in [2.45, 2.75) is 0 Å². The molecule has 0 atom stereocenters. The Balaban J connectivity index is 1.97. The molecule has 0 nitrogen and oxygen atoms in total. The molecule has 0 saturated carbocycles. The summed E-state index contributed by atoms with van der Waals surface area (Å²) in [5.74, 6) is 0. The fourth-order valence-electron chi connectivity index (χ4n) is 0. The van der Waals surface area contributed by atoms with E-state index in [9.17, 15) is 0 Å². The summed E-state index contributed by atoms with van der Waals surface area (Å²) in [7, 11) is 5.14. The molecule has 0 aliphatic rings. The molecule has 0 saturated heterocycles. The third-order valence-corrected chi connectivity index (χ3v) is 1.57. The van der Waals surface area contributed by atoms with Gasteiger partial charge in [0.05, 0.1) is 0 Å². The van der Waals surface area contributed by atoms with Crippen LogP contribution in [0.1, 0.15) is 0 Å². The third-order valence-electron chi connectivity index (χ3n) is 0.0583. The predicted molar refractivity (Wildman–Crippen MR) is 22.3 cm³/mol. The molecular weight excluding hydrogens is 110 g/mol. The van der Waals surface area contributed by atoms with Gasteiger partial charge in [-0.2, -0.15) is 0 Å². The average molecular weight is 112 g/mol. The van der Waals surface area contributed by atoms with Crippen molar-refractivity contribution < 1.29 is 0 Å². The van der Waals surface area contributed by atoms with Gasteiger partial charge >= 0.3 is 14.3 Å². The van der Waals surface area contributed by atoms with Gasteiger partial charge in [-0.05, 0) is 4.74 Å².